The second-order valence-corrected chi connectivity index (χ2v) is 6.60. The van der Waals surface area contributed by atoms with Crippen LogP contribution in [-0.4, -0.2) is 74.3 Å². The minimum atomic E-state index is -1.27. The standard InChI is InChI=1S/C18H27N3O10/c1-10(22)27-9-14-15(28-11(2)23)16(29-12(3)24)17(30-13(4)25)18(31-14)26-8-6-5-7-20-21-19/h14-18H,5-9H2,1-4H3/t14-,15-,16+,17+,18+/m1/s1. The zero-order valence-electron chi connectivity index (χ0n) is 17.8. The third-order valence-electron chi connectivity index (χ3n) is 3.95. The fourth-order valence-electron chi connectivity index (χ4n) is 2.85. The van der Waals surface area contributed by atoms with Gasteiger partial charge in [0, 0.05) is 45.8 Å². The Morgan fingerprint density at radius 1 is 0.871 bits per heavy atom. The molecule has 1 rings (SSSR count). The molecule has 0 aromatic carbocycles. The molecule has 0 spiro atoms. The lowest BCUT2D eigenvalue weighted by atomic mass is 9.98. The summed E-state index contributed by atoms with van der Waals surface area (Å²) >= 11 is 0. The molecule has 1 fully saturated rings. The van der Waals surface area contributed by atoms with E-state index in [1.165, 1.54) is 6.92 Å². The molecule has 1 aliphatic heterocycles. The van der Waals surface area contributed by atoms with Gasteiger partial charge in [-0.1, -0.05) is 5.11 Å². The number of esters is 4. The van der Waals surface area contributed by atoms with Crippen molar-refractivity contribution >= 4 is 23.9 Å². The predicted molar refractivity (Wildman–Crippen MR) is 101 cm³/mol. The summed E-state index contributed by atoms with van der Waals surface area (Å²) in [4.78, 5) is 48.9. The summed E-state index contributed by atoms with van der Waals surface area (Å²) in [6.07, 6.45) is -4.99. The van der Waals surface area contributed by atoms with E-state index in [0.717, 1.165) is 20.8 Å². The van der Waals surface area contributed by atoms with Crippen molar-refractivity contribution in [1.29, 1.82) is 0 Å². The van der Waals surface area contributed by atoms with E-state index in [1.54, 1.807) is 0 Å². The Kier molecular flexibility index (Phi) is 11.3. The molecule has 31 heavy (non-hydrogen) atoms. The van der Waals surface area contributed by atoms with E-state index >= 15 is 0 Å². The molecule has 0 amide bonds. The van der Waals surface area contributed by atoms with E-state index in [2.05, 4.69) is 10.0 Å². The van der Waals surface area contributed by atoms with Crippen molar-refractivity contribution in [3.05, 3.63) is 10.4 Å². The topological polar surface area (TPSA) is 172 Å². The summed E-state index contributed by atoms with van der Waals surface area (Å²) in [5.74, 6) is -2.74. The number of carbonyl (C=O) groups is 4. The van der Waals surface area contributed by atoms with Gasteiger partial charge in [0.15, 0.2) is 24.6 Å². The molecule has 0 bridgehead atoms. The molecular formula is C18H27N3O10. The minimum absolute atomic E-state index is 0.134. The van der Waals surface area contributed by atoms with Crippen molar-refractivity contribution in [2.45, 2.75) is 71.2 Å². The third kappa shape index (κ3) is 9.64. The van der Waals surface area contributed by atoms with Gasteiger partial charge in [-0.3, -0.25) is 19.2 Å². The Labute approximate surface area is 178 Å². The van der Waals surface area contributed by atoms with Gasteiger partial charge in [0.1, 0.15) is 12.7 Å². The van der Waals surface area contributed by atoms with Gasteiger partial charge in [-0.05, 0) is 18.4 Å². The first-order valence-electron chi connectivity index (χ1n) is 9.58. The van der Waals surface area contributed by atoms with Gasteiger partial charge in [0.2, 0.25) is 0 Å². The maximum absolute atomic E-state index is 11.7. The maximum Gasteiger partial charge on any atom is 0.303 e. The van der Waals surface area contributed by atoms with Crippen molar-refractivity contribution < 1.29 is 47.6 Å². The van der Waals surface area contributed by atoms with Gasteiger partial charge < -0.3 is 28.4 Å². The van der Waals surface area contributed by atoms with Crippen molar-refractivity contribution in [3.63, 3.8) is 0 Å². The van der Waals surface area contributed by atoms with Crippen LogP contribution in [0.5, 0.6) is 0 Å². The van der Waals surface area contributed by atoms with Crippen molar-refractivity contribution in [2.75, 3.05) is 19.8 Å². The number of hydrogen-bond donors (Lipinski definition) is 0. The second kappa shape index (κ2) is 13.4. The van der Waals surface area contributed by atoms with Crippen LogP contribution < -0.4 is 0 Å². The molecule has 0 saturated carbocycles. The minimum Gasteiger partial charge on any atom is -0.463 e. The molecule has 1 saturated heterocycles. The highest BCUT2D eigenvalue weighted by atomic mass is 16.7. The van der Waals surface area contributed by atoms with E-state index in [9.17, 15) is 19.2 Å². The Bertz CT molecular complexity index is 694. The van der Waals surface area contributed by atoms with Crippen molar-refractivity contribution in [2.24, 2.45) is 5.11 Å². The number of azide groups is 1. The monoisotopic (exact) mass is 445 g/mol. The van der Waals surface area contributed by atoms with E-state index in [1.807, 2.05) is 0 Å². The predicted octanol–water partition coefficient (Wildman–Crippen LogP) is 1.18. The fourth-order valence-corrected chi connectivity index (χ4v) is 2.85. The summed E-state index contributed by atoms with van der Waals surface area (Å²) in [5, 5.41) is 3.42. The zero-order chi connectivity index (χ0) is 23.4. The Morgan fingerprint density at radius 3 is 2.00 bits per heavy atom. The third-order valence-corrected chi connectivity index (χ3v) is 3.95. The number of ether oxygens (including phenoxy) is 6. The highest BCUT2D eigenvalue weighted by Gasteiger charge is 2.52. The summed E-state index contributed by atoms with van der Waals surface area (Å²) < 4.78 is 32.2. The van der Waals surface area contributed by atoms with Crippen molar-refractivity contribution in [1.82, 2.24) is 0 Å². The number of carbonyl (C=O) groups excluding carboxylic acids is 4. The summed E-state index contributed by atoms with van der Waals surface area (Å²) in [6, 6.07) is 0. The van der Waals surface area contributed by atoms with Crippen LogP contribution in [-0.2, 0) is 47.6 Å². The quantitative estimate of drug-likeness (QED) is 0.112. The van der Waals surface area contributed by atoms with Crippen LogP contribution in [0.4, 0.5) is 0 Å². The largest absolute Gasteiger partial charge is 0.463 e. The van der Waals surface area contributed by atoms with Crippen molar-refractivity contribution in [3.8, 4) is 0 Å². The van der Waals surface area contributed by atoms with E-state index in [0.29, 0.717) is 12.8 Å². The van der Waals surface area contributed by atoms with E-state index in [4.69, 9.17) is 34.0 Å². The molecule has 0 radical (unpaired) electrons. The van der Waals surface area contributed by atoms with Gasteiger partial charge in [-0.25, -0.2) is 0 Å². The lowest BCUT2D eigenvalue weighted by Gasteiger charge is -2.44. The molecule has 13 heteroatoms. The molecule has 1 heterocycles. The molecule has 0 N–H and O–H groups in total. The number of rotatable bonds is 11. The van der Waals surface area contributed by atoms with Crippen LogP contribution in [0, 0.1) is 0 Å². The molecule has 174 valence electrons. The van der Waals surface area contributed by atoms with Crippen LogP contribution in [0.3, 0.4) is 0 Å². The molecule has 0 aromatic rings. The van der Waals surface area contributed by atoms with Gasteiger partial charge in [-0.15, -0.1) is 0 Å². The van der Waals surface area contributed by atoms with Gasteiger partial charge in [-0.2, -0.15) is 0 Å². The zero-order valence-corrected chi connectivity index (χ0v) is 17.8. The lowest BCUT2D eigenvalue weighted by molar-refractivity contribution is -0.308. The van der Waals surface area contributed by atoms with Crippen LogP contribution in [0.2, 0.25) is 0 Å². The van der Waals surface area contributed by atoms with Gasteiger partial charge in [0.25, 0.3) is 0 Å². The molecule has 0 unspecified atom stereocenters. The van der Waals surface area contributed by atoms with E-state index in [-0.39, 0.29) is 19.8 Å². The van der Waals surface area contributed by atoms with Crippen LogP contribution in [0.25, 0.3) is 10.4 Å². The Morgan fingerprint density at radius 2 is 1.45 bits per heavy atom. The van der Waals surface area contributed by atoms with Crippen LogP contribution in [0.15, 0.2) is 5.11 Å². The molecular weight excluding hydrogens is 418 g/mol. The second-order valence-electron chi connectivity index (χ2n) is 6.60. The van der Waals surface area contributed by atoms with Gasteiger partial charge in [0.05, 0.1) is 0 Å². The highest BCUT2D eigenvalue weighted by molar-refractivity contribution is 5.68. The smallest absolute Gasteiger partial charge is 0.303 e. The summed E-state index contributed by atoms with van der Waals surface area (Å²) in [6.45, 7) is 4.69. The fraction of sp³-hybridized carbons (Fsp3) is 0.778. The normalized spacial score (nSPS) is 25.0. The average molecular weight is 445 g/mol. The van der Waals surface area contributed by atoms with Gasteiger partial charge >= 0.3 is 23.9 Å². The lowest BCUT2D eigenvalue weighted by Crippen LogP contribution is -2.63. The average Bonchev–Trinajstić information content (AvgIpc) is 2.66. The Balaban J connectivity index is 3.11. The summed E-state index contributed by atoms with van der Waals surface area (Å²) in [5.41, 5.74) is 8.30. The number of unbranched alkanes of at least 4 members (excludes halogenated alkanes) is 1. The van der Waals surface area contributed by atoms with Crippen LogP contribution in [0.1, 0.15) is 40.5 Å². The van der Waals surface area contributed by atoms with E-state index < -0.39 is 54.6 Å². The van der Waals surface area contributed by atoms with Crippen LogP contribution >= 0.6 is 0 Å². The first-order chi connectivity index (χ1) is 14.6. The number of nitrogens with zero attached hydrogens (tertiary/aromatic N) is 3. The Hall–Kier alpha value is -2.89. The number of hydrogen-bond acceptors (Lipinski definition) is 11. The molecule has 0 aromatic heterocycles. The molecule has 0 aliphatic carbocycles. The first-order valence-corrected chi connectivity index (χ1v) is 9.58. The molecule has 5 atom stereocenters. The molecule has 1 aliphatic rings. The molecule has 13 nitrogen and oxygen atoms in total. The maximum atomic E-state index is 11.7. The summed E-state index contributed by atoms with van der Waals surface area (Å²) in [7, 11) is 0. The highest BCUT2D eigenvalue weighted by Crippen LogP contribution is 2.30. The first kappa shape index (κ1) is 26.1. The SMILES string of the molecule is CC(=O)OC[C@H]1O[C@H](OCCCCN=[N+]=[N-])[C@@H](OC(C)=O)[C@@H](OC(C)=O)[C@@H]1OC(C)=O.